The molecule has 1 aromatic heterocycles. The number of alkyl halides is 3. The molecule has 0 fully saturated rings. The summed E-state index contributed by atoms with van der Waals surface area (Å²) in [5, 5.41) is -0.455. The third kappa shape index (κ3) is 4.78. The van der Waals surface area contributed by atoms with Crippen LogP contribution < -0.4 is 16.4 Å². The van der Waals surface area contributed by atoms with Crippen molar-refractivity contribution in [3.05, 3.63) is 76.9 Å². The number of urea groups is 1. The molecule has 3 rings (SSSR count). The molecule has 0 spiro atoms. The van der Waals surface area contributed by atoms with E-state index in [9.17, 15) is 18.0 Å². The fraction of sp³-hybridized carbons (Fsp3) is 0.100. The number of anilines is 2. The van der Waals surface area contributed by atoms with Crippen molar-refractivity contribution in [1.29, 1.82) is 0 Å². The number of hydrogen-bond donors (Lipinski definition) is 2. The maximum Gasteiger partial charge on any atom is 0.417 e. The van der Waals surface area contributed by atoms with Gasteiger partial charge in [-0.3, -0.25) is 4.90 Å². The monoisotopic (exact) mass is 420 g/mol. The first-order chi connectivity index (χ1) is 13.6. The van der Waals surface area contributed by atoms with Gasteiger partial charge in [-0.2, -0.15) is 13.2 Å². The highest BCUT2D eigenvalue weighted by molar-refractivity contribution is 6.31. The molecule has 3 aromatic rings. The number of halogens is 4. The van der Waals surface area contributed by atoms with Crippen LogP contribution in [0.25, 0.3) is 11.1 Å². The van der Waals surface area contributed by atoms with Gasteiger partial charge in [-0.15, -0.1) is 0 Å². The van der Waals surface area contributed by atoms with Crippen molar-refractivity contribution >= 4 is 29.1 Å². The van der Waals surface area contributed by atoms with E-state index in [0.29, 0.717) is 11.4 Å². The van der Waals surface area contributed by atoms with E-state index in [1.807, 2.05) is 6.07 Å². The van der Waals surface area contributed by atoms with Crippen LogP contribution in [0, 0.1) is 0 Å². The molecule has 2 amide bonds. The fourth-order valence-corrected chi connectivity index (χ4v) is 3.03. The molecule has 150 valence electrons. The summed E-state index contributed by atoms with van der Waals surface area (Å²) in [7, 11) is 0. The predicted molar refractivity (Wildman–Crippen MR) is 106 cm³/mol. The summed E-state index contributed by atoms with van der Waals surface area (Å²) in [6.07, 6.45) is -3.05. The highest BCUT2D eigenvalue weighted by Crippen LogP contribution is 2.37. The van der Waals surface area contributed by atoms with Gasteiger partial charge in [0.2, 0.25) is 0 Å². The van der Waals surface area contributed by atoms with Gasteiger partial charge in [-0.05, 0) is 47.5 Å². The maximum absolute atomic E-state index is 13.2. The molecule has 5 nitrogen and oxygen atoms in total. The van der Waals surface area contributed by atoms with Crippen molar-refractivity contribution in [2.75, 3.05) is 10.6 Å². The van der Waals surface area contributed by atoms with E-state index >= 15 is 0 Å². The minimum absolute atomic E-state index is 0.00576. The van der Waals surface area contributed by atoms with Gasteiger partial charge in [0.15, 0.2) is 0 Å². The van der Waals surface area contributed by atoms with Gasteiger partial charge in [0.1, 0.15) is 5.82 Å². The van der Waals surface area contributed by atoms with Crippen LogP contribution in [0.4, 0.5) is 29.5 Å². The van der Waals surface area contributed by atoms with Crippen LogP contribution in [0.5, 0.6) is 0 Å². The van der Waals surface area contributed by atoms with Gasteiger partial charge in [-0.25, -0.2) is 9.78 Å². The fourth-order valence-electron chi connectivity index (χ4n) is 2.80. The van der Waals surface area contributed by atoms with Crippen LogP contribution in [0.1, 0.15) is 11.1 Å². The average Bonchev–Trinajstić information content (AvgIpc) is 2.66. The number of nitrogens with two attached hydrogens (primary N) is 2. The summed E-state index contributed by atoms with van der Waals surface area (Å²) in [6.45, 7) is -0.0233. The van der Waals surface area contributed by atoms with Gasteiger partial charge in [0.05, 0.1) is 17.1 Å². The molecule has 0 aliphatic carbocycles. The molecule has 1 heterocycles. The topological polar surface area (TPSA) is 85.2 Å². The van der Waals surface area contributed by atoms with Crippen molar-refractivity contribution < 1.29 is 18.0 Å². The average molecular weight is 421 g/mol. The number of carbonyl (C=O) groups is 1. The van der Waals surface area contributed by atoms with E-state index in [0.717, 1.165) is 28.2 Å². The first-order valence-corrected chi connectivity index (χ1v) is 8.77. The van der Waals surface area contributed by atoms with Crippen molar-refractivity contribution in [2.24, 2.45) is 5.73 Å². The number of benzene rings is 2. The molecular weight excluding hydrogens is 405 g/mol. The predicted octanol–water partition coefficient (Wildman–Crippen LogP) is 5.09. The molecule has 0 saturated carbocycles. The maximum atomic E-state index is 13.2. The van der Waals surface area contributed by atoms with Gasteiger partial charge in [0, 0.05) is 17.4 Å². The lowest BCUT2D eigenvalue weighted by molar-refractivity contribution is -0.137. The third-order valence-corrected chi connectivity index (χ3v) is 4.55. The minimum atomic E-state index is -4.65. The number of aromatic nitrogens is 1. The van der Waals surface area contributed by atoms with Crippen LogP contribution in [-0.4, -0.2) is 11.0 Å². The number of nitrogen functional groups attached to an aromatic ring is 1. The smallest absolute Gasteiger partial charge is 0.384 e. The Morgan fingerprint density at radius 1 is 1.07 bits per heavy atom. The number of carbonyl (C=O) groups excluding carboxylic acids is 1. The highest BCUT2D eigenvalue weighted by atomic mass is 35.5. The zero-order valence-electron chi connectivity index (χ0n) is 14.9. The van der Waals surface area contributed by atoms with Gasteiger partial charge < -0.3 is 11.5 Å². The quantitative estimate of drug-likeness (QED) is 0.616. The van der Waals surface area contributed by atoms with E-state index in [1.54, 1.807) is 36.5 Å². The molecule has 0 bridgehead atoms. The summed E-state index contributed by atoms with van der Waals surface area (Å²) in [5.74, 6) is 0.382. The Kier molecular flexibility index (Phi) is 5.65. The Labute approximate surface area is 169 Å². The summed E-state index contributed by atoms with van der Waals surface area (Å²) in [4.78, 5) is 17.0. The molecule has 29 heavy (non-hydrogen) atoms. The Morgan fingerprint density at radius 2 is 1.83 bits per heavy atom. The van der Waals surface area contributed by atoms with Crippen molar-refractivity contribution in [3.8, 4) is 11.1 Å². The Balaban J connectivity index is 1.94. The highest BCUT2D eigenvalue weighted by Gasteiger charge is 2.34. The van der Waals surface area contributed by atoms with E-state index in [-0.39, 0.29) is 12.2 Å². The van der Waals surface area contributed by atoms with E-state index < -0.39 is 22.8 Å². The zero-order chi connectivity index (χ0) is 21.2. The second kappa shape index (κ2) is 8.00. The molecule has 0 saturated heterocycles. The number of hydrogen-bond acceptors (Lipinski definition) is 3. The molecule has 9 heteroatoms. The molecular formula is C20H16ClF3N4O. The second-order valence-electron chi connectivity index (χ2n) is 6.26. The van der Waals surface area contributed by atoms with Gasteiger partial charge in [0.25, 0.3) is 0 Å². The number of pyridine rings is 1. The van der Waals surface area contributed by atoms with Crippen LogP contribution in [0.3, 0.4) is 0 Å². The van der Waals surface area contributed by atoms with Crippen LogP contribution in [-0.2, 0) is 12.7 Å². The summed E-state index contributed by atoms with van der Waals surface area (Å²) in [5.41, 5.74) is 12.3. The second-order valence-corrected chi connectivity index (χ2v) is 6.67. The summed E-state index contributed by atoms with van der Waals surface area (Å²) < 4.78 is 39.5. The van der Waals surface area contributed by atoms with E-state index in [1.165, 1.54) is 6.07 Å². The van der Waals surface area contributed by atoms with Crippen molar-refractivity contribution in [3.63, 3.8) is 0 Å². The number of amides is 2. The van der Waals surface area contributed by atoms with Crippen molar-refractivity contribution in [1.82, 2.24) is 4.98 Å². The standard InChI is InChI=1S/C20H16ClF3N4O/c21-17-6-5-15(9-16(17)20(22,23)24)28(19(26)29)11-12-2-1-3-13(8-12)14-4-7-18(25)27-10-14/h1-10H,11H2,(H2,25,27)(H2,26,29). The lowest BCUT2D eigenvalue weighted by atomic mass is 10.0. The Hall–Kier alpha value is -3.26. The van der Waals surface area contributed by atoms with Crippen LogP contribution >= 0.6 is 11.6 Å². The minimum Gasteiger partial charge on any atom is -0.384 e. The Bertz CT molecular complexity index is 1040. The molecule has 0 unspecified atom stereocenters. The lowest BCUT2D eigenvalue weighted by Gasteiger charge is -2.22. The zero-order valence-corrected chi connectivity index (χ0v) is 15.7. The molecule has 2 aromatic carbocycles. The molecule has 0 aliphatic heterocycles. The van der Waals surface area contributed by atoms with Crippen LogP contribution in [0.2, 0.25) is 5.02 Å². The summed E-state index contributed by atoms with van der Waals surface area (Å²) in [6, 6.07) is 12.9. The van der Waals surface area contributed by atoms with E-state index in [4.69, 9.17) is 23.1 Å². The van der Waals surface area contributed by atoms with Gasteiger partial charge >= 0.3 is 12.2 Å². The molecule has 0 aliphatic rings. The normalized spacial score (nSPS) is 11.3. The third-order valence-electron chi connectivity index (χ3n) is 4.22. The first-order valence-electron chi connectivity index (χ1n) is 8.39. The molecule has 0 radical (unpaired) electrons. The number of rotatable bonds is 4. The largest absolute Gasteiger partial charge is 0.417 e. The number of nitrogens with zero attached hydrogens (tertiary/aromatic N) is 2. The van der Waals surface area contributed by atoms with Crippen LogP contribution in [0.15, 0.2) is 60.8 Å². The SMILES string of the molecule is NC(=O)N(Cc1cccc(-c2ccc(N)nc2)c1)c1ccc(Cl)c(C(F)(F)F)c1. The van der Waals surface area contributed by atoms with Gasteiger partial charge in [-0.1, -0.05) is 29.8 Å². The molecule has 0 atom stereocenters. The van der Waals surface area contributed by atoms with Crippen molar-refractivity contribution in [2.45, 2.75) is 12.7 Å². The molecule has 4 N–H and O–H groups in total. The Morgan fingerprint density at radius 3 is 2.45 bits per heavy atom. The first kappa shape index (κ1) is 20.5. The van der Waals surface area contributed by atoms with E-state index in [2.05, 4.69) is 4.98 Å². The summed E-state index contributed by atoms with van der Waals surface area (Å²) >= 11 is 5.66. The lowest BCUT2D eigenvalue weighted by Crippen LogP contribution is -2.35. The number of primary amides is 1.